The number of methoxy groups -OCH3 is 1. The highest BCUT2D eigenvalue weighted by molar-refractivity contribution is 6.08. The Labute approximate surface area is 194 Å². The second kappa shape index (κ2) is 10.4. The summed E-state index contributed by atoms with van der Waals surface area (Å²) < 4.78 is 10.6. The van der Waals surface area contributed by atoms with Crippen LogP contribution in [0.25, 0.3) is 0 Å². The van der Waals surface area contributed by atoms with Gasteiger partial charge >= 0.3 is 6.03 Å². The first kappa shape index (κ1) is 24.1. The summed E-state index contributed by atoms with van der Waals surface area (Å²) in [6.07, 6.45) is 1.03. The molecule has 0 saturated carbocycles. The molecule has 0 spiro atoms. The van der Waals surface area contributed by atoms with Crippen LogP contribution in [-0.2, 0) is 22.6 Å². The second-order valence-electron chi connectivity index (χ2n) is 8.33. The highest BCUT2D eigenvalue weighted by atomic mass is 16.5. The smallest absolute Gasteiger partial charge is 0.325 e. The van der Waals surface area contributed by atoms with Gasteiger partial charge in [-0.05, 0) is 62.1 Å². The number of hydrogen-bond donors (Lipinski definition) is 1. The van der Waals surface area contributed by atoms with E-state index in [0.29, 0.717) is 26.0 Å². The standard InChI is InChI=1S/C25H31N3O5/c1-5-33-21-12-8-19(9-13-21)16-27(3)22(29)17-28-23(30)25(2,26-24(28)31)15-14-18-6-10-20(32-4)11-7-18/h6-13H,5,14-17H2,1-4H3,(H,26,31). The van der Waals surface area contributed by atoms with Crippen molar-refractivity contribution in [3.63, 3.8) is 0 Å². The first-order valence-corrected chi connectivity index (χ1v) is 11.0. The maximum absolute atomic E-state index is 13.0. The Bertz CT molecular complexity index is 990. The van der Waals surface area contributed by atoms with Gasteiger partial charge in [0.2, 0.25) is 5.91 Å². The van der Waals surface area contributed by atoms with Crippen molar-refractivity contribution in [2.24, 2.45) is 0 Å². The molecule has 0 radical (unpaired) electrons. The lowest BCUT2D eigenvalue weighted by molar-refractivity contribution is -0.138. The first-order valence-electron chi connectivity index (χ1n) is 11.0. The van der Waals surface area contributed by atoms with Crippen LogP contribution in [0.5, 0.6) is 11.5 Å². The van der Waals surface area contributed by atoms with E-state index >= 15 is 0 Å². The van der Waals surface area contributed by atoms with Crippen molar-refractivity contribution in [1.29, 1.82) is 0 Å². The average molecular weight is 454 g/mol. The summed E-state index contributed by atoms with van der Waals surface area (Å²) in [6, 6.07) is 14.5. The molecule has 4 amide bonds. The number of imide groups is 1. The summed E-state index contributed by atoms with van der Waals surface area (Å²) in [5, 5.41) is 2.76. The van der Waals surface area contributed by atoms with Crippen molar-refractivity contribution in [3.05, 3.63) is 59.7 Å². The molecule has 1 saturated heterocycles. The van der Waals surface area contributed by atoms with Gasteiger partial charge in [0.05, 0.1) is 13.7 Å². The Morgan fingerprint density at radius 1 is 1.03 bits per heavy atom. The molecule has 8 heteroatoms. The van der Waals surface area contributed by atoms with Crippen LogP contribution < -0.4 is 14.8 Å². The Morgan fingerprint density at radius 3 is 2.24 bits per heavy atom. The topological polar surface area (TPSA) is 88.2 Å². The Morgan fingerprint density at radius 2 is 1.64 bits per heavy atom. The van der Waals surface area contributed by atoms with Gasteiger partial charge in [-0.25, -0.2) is 4.79 Å². The average Bonchev–Trinajstić information content (AvgIpc) is 3.02. The Hall–Kier alpha value is -3.55. The molecule has 1 aliphatic heterocycles. The fourth-order valence-electron chi connectivity index (χ4n) is 3.72. The van der Waals surface area contributed by atoms with E-state index < -0.39 is 11.6 Å². The van der Waals surface area contributed by atoms with Crippen LogP contribution >= 0.6 is 0 Å². The molecule has 176 valence electrons. The fraction of sp³-hybridized carbons (Fsp3) is 0.400. The molecule has 0 bridgehead atoms. The van der Waals surface area contributed by atoms with Crippen LogP contribution in [-0.4, -0.2) is 60.5 Å². The van der Waals surface area contributed by atoms with Crippen molar-refractivity contribution >= 4 is 17.8 Å². The molecular formula is C25H31N3O5. The summed E-state index contributed by atoms with van der Waals surface area (Å²) in [5.74, 6) is 0.827. The predicted molar refractivity (Wildman–Crippen MR) is 124 cm³/mol. The number of nitrogens with one attached hydrogen (secondary N) is 1. The van der Waals surface area contributed by atoms with Gasteiger partial charge in [0, 0.05) is 13.6 Å². The fourth-order valence-corrected chi connectivity index (χ4v) is 3.72. The van der Waals surface area contributed by atoms with Crippen molar-refractivity contribution < 1.29 is 23.9 Å². The number of likely N-dealkylation sites (N-methyl/N-ethyl adjacent to an activating group) is 1. The zero-order chi connectivity index (χ0) is 24.0. The van der Waals surface area contributed by atoms with Crippen LogP contribution in [0.4, 0.5) is 4.79 Å². The predicted octanol–water partition coefficient (Wildman–Crippen LogP) is 3.00. The molecule has 2 aromatic carbocycles. The molecule has 1 aliphatic rings. The van der Waals surface area contributed by atoms with Crippen LogP contribution in [0.1, 0.15) is 31.4 Å². The molecule has 0 aromatic heterocycles. The minimum atomic E-state index is -1.05. The second-order valence-corrected chi connectivity index (χ2v) is 8.33. The van der Waals surface area contributed by atoms with Crippen molar-refractivity contribution in [3.8, 4) is 11.5 Å². The van der Waals surface area contributed by atoms with Gasteiger partial charge in [-0.2, -0.15) is 0 Å². The Kier molecular flexibility index (Phi) is 7.58. The number of carbonyl (C=O) groups excluding carboxylic acids is 3. The molecule has 1 N–H and O–H groups in total. The van der Waals surface area contributed by atoms with Crippen molar-refractivity contribution in [1.82, 2.24) is 15.1 Å². The summed E-state index contributed by atoms with van der Waals surface area (Å²) in [7, 11) is 3.26. The number of carbonyl (C=O) groups is 3. The van der Waals surface area contributed by atoms with E-state index in [0.717, 1.165) is 27.5 Å². The van der Waals surface area contributed by atoms with E-state index in [9.17, 15) is 14.4 Å². The normalized spacial score (nSPS) is 17.6. The maximum atomic E-state index is 13.0. The number of rotatable bonds is 10. The monoisotopic (exact) mass is 453 g/mol. The number of aryl methyl sites for hydroxylation is 1. The van der Waals surface area contributed by atoms with Gasteiger partial charge in [0.25, 0.3) is 5.91 Å². The minimum Gasteiger partial charge on any atom is -0.497 e. The third-order valence-corrected chi connectivity index (χ3v) is 5.79. The summed E-state index contributed by atoms with van der Waals surface area (Å²) in [6.45, 7) is 4.27. The zero-order valence-electron chi connectivity index (χ0n) is 19.6. The van der Waals surface area contributed by atoms with Gasteiger partial charge in [-0.15, -0.1) is 0 Å². The largest absolute Gasteiger partial charge is 0.497 e. The summed E-state index contributed by atoms with van der Waals surface area (Å²) >= 11 is 0. The third-order valence-electron chi connectivity index (χ3n) is 5.79. The van der Waals surface area contributed by atoms with Crippen LogP contribution in [0.2, 0.25) is 0 Å². The molecule has 1 fully saturated rings. The number of benzene rings is 2. The Balaban J connectivity index is 1.56. The van der Waals surface area contributed by atoms with Crippen LogP contribution in [0.15, 0.2) is 48.5 Å². The maximum Gasteiger partial charge on any atom is 0.325 e. The third kappa shape index (κ3) is 5.83. The van der Waals surface area contributed by atoms with E-state index in [1.54, 1.807) is 21.1 Å². The number of urea groups is 1. The molecule has 8 nitrogen and oxygen atoms in total. The SMILES string of the molecule is CCOc1ccc(CN(C)C(=O)CN2C(=O)NC(C)(CCc3ccc(OC)cc3)C2=O)cc1. The molecule has 1 unspecified atom stereocenters. The molecule has 1 heterocycles. The van der Waals surface area contributed by atoms with E-state index in [4.69, 9.17) is 9.47 Å². The molecule has 33 heavy (non-hydrogen) atoms. The van der Waals surface area contributed by atoms with Crippen molar-refractivity contribution in [2.75, 3.05) is 27.3 Å². The number of ether oxygens (including phenoxy) is 2. The molecule has 0 aliphatic carbocycles. The van der Waals surface area contributed by atoms with Crippen LogP contribution in [0, 0.1) is 0 Å². The lowest BCUT2D eigenvalue weighted by Crippen LogP contribution is -2.45. The summed E-state index contributed by atoms with van der Waals surface area (Å²) in [4.78, 5) is 40.8. The lowest BCUT2D eigenvalue weighted by Gasteiger charge is -2.23. The van der Waals surface area contributed by atoms with E-state index in [2.05, 4.69) is 5.32 Å². The quantitative estimate of drug-likeness (QED) is 0.559. The van der Waals surface area contributed by atoms with Gasteiger partial charge in [-0.1, -0.05) is 24.3 Å². The van der Waals surface area contributed by atoms with E-state index in [-0.39, 0.29) is 18.4 Å². The van der Waals surface area contributed by atoms with Gasteiger partial charge in [0.15, 0.2) is 0 Å². The summed E-state index contributed by atoms with van der Waals surface area (Å²) in [5.41, 5.74) is 0.907. The lowest BCUT2D eigenvalue weighted by atomic mass is 9.93. The highest BCUT2D eigenvalue weighted by Crippen LogP contribution is 2.24. The molecule has 1 atom stereocenters. The number of hydrogen-bond acceptors (Lipinski definition) is 5. The highest BCUT2D eigenvalue weighted by Gasteiger charge is 2.48. The first-order chi connectivity index (χ1) is 15.8. The van der Waals surface area contributed by atoms with E-state index in [1.807, 2.05) is 55.5 Å². The van der Waals surface area contributed by atoms with Crippen LogP contribution in [0.3, 0.4) is 0 Å². The molecule has 2 aromatic rings. The number of amides is 4. The van der Waals surface area contributed by atoms with Gasteiger partial charge < -0.3 is 19.7 Å². The minimum absolute atomic E-state index is 0.295. The van der Waals surface area contributed by atoms with Crippen molar-refractivity contribution in [2.45, 2.75) is 38.8 Å². The van der Waals surface area contributed by atoms with Gasteiger partial charge in [-0.3, -0.25) is 14.5 Å². The van der Waals surface area contributed by atoms with E-state index in [1.165, 1.54) is 4.90 Å². The molecular weight excluding hydrogens is 422 g/mol. The number of nitrogens with zero attached hydrogens (tertiary/aromatic N) is 2. The molecule has 3 rings (SSSR count). The van der Waals surface area contributed by atoms with Gasteiger partial charge in [0.1, 0.15) is 23.6 Å². The zero-order valence-corrected chi connectivity index (χ0v) is 19.6.